The summed E-state index contributed by atoms with van der Waals surface area (Å²) in [6.45, 7) is 1.85. The summed E-state index contributed by atoms with van der Waals surface area (Å²) in [6, 6.07) is 11.5. The number of piperazine rings is 1. The molecule has 0 unspecified atom stereocenters. The van der Waals surface area contributed by atoms with E-state index in [0.717, 1.165) is 0 Å². The number of anilines is 2. The van der Waals surface area contributed by atoms with Crippen molar-refractivity contribution in [3.05, 3.63) is 64.5 Å². The number of nitro groups is 1. The zero-order valence-corrected chi connectivity index (χ0v) is 16.2. The van der Waals surface area contributed by atoms with E-state index in [1.807, 2.05) is 0 Å². The zero-order valence-electron chi connectivity index (χ0n) is 16.2. The van der Waals surface area contributed by atoms with Gasteiger partial charge in [-0.3, -0.25) is 14.9 Å². The monoisotopic (exact) mass is 415 g/mol. The van der Waals surface area contributed by atoms with E-state index < -0.39 is 4.92 Å². The van der Waals surface area contributed by atoms with E-state index in [2.05, 4.69) is 10.6 Å². The molecule has 0 atom stereocenters. The maximum Gasteiger partial charge on any atom is 0.321 e. The average molecular weight is 415 g/mol. The van der Waals surface area contributed by atoms with E-state index >= 15 is 0 Å². The minimum absolute atomic E-state index is 0.0364. The topological polar surface area (TPSA) is 108 Å². The molecule has 30 heavy (non-hydrogen) atoms. The van der Waals surface area contributed by atoms with Gasteiger partial charge in [-0.1, -0.05) is 12.1 Å². The number of benzene rings is 2. The summed E-state index contributed by atoms with van der Waals surface area (Å²) >= 11 is 0. The number of halogens is 1. The maximum absolute atomic E-state index is 12.9. The number of carbonyl (C=O) groups is 2. The second-order valence-electron chi connectivity index (χ2n) is 6.76. The van der Waals surface area contributed by atoms with Gasteiger partial charge in [0, 0.05) is 50.9 Å². The molecule has 3 rings (SSSR count). The van der Waals surface area contributed by atoms with Crippen molar-refractivity contribution in [1.29, 1.82) is 0 Å². The lowest BCUT2D eigenvalue weighted by atomic mass is 10.2. The SMILES string of the molecule is O=C(CCNc1ccccc1[N+](=O)[O-])N1CCN(C(=O)Nc2ccc(F)cc2)CC1. The lowest BCUT2D eigenvalue weighted by Crippen LogP contribution is -2.51. The van der Waals surface area contributed by atoms with Crippen molar-refractivity contribution < 1.29 is 18.9 Å². The summed E-state index contributed by atoms with van der Waals surface area (Å²) in [4.78, 5) is 38.5. The molecular weight excluding hydrogens is 393 g/mol. The Morgan fingerprint density at radius 1 is 1.00 bits per heavy atom. The molecule has 0 saturated carbocycles. The number of nitro benzene ring substituents is 1. The molecular formula is C20H22FN5O4. The smallest absolute Gasteiger partial charge is 0.321 e. The normalized spacial score (nSPS) is 13.6. The number of amides is 3. The fraction of sp³-hybridized carbons (Fsp3) is 0.300. The Morgan fingerprint density at radius 3 is 2.30 bits per heavy atom. The summed E-state index contributed by atoms with van der Waals surface area (Å²) in [5.41, 5.74) is 0.837. The van der Waals surface area contributed by atoms with E-state index in [9.17, 15) is 24.1 Å². The summed E-state index contributed by atoms with van der Waals surface area (Å²) in [7, 11) is 0. The summed E-state index contributed by atoms with van der Waals surface area (Å²) < 4.78 is 12.9. The van der Waals surface area contributed by atoms with Crippen LogP contribution in [0.25, 0.3) is 0 Å². The fourth-order valence-electron chi connectivity index (χ4n) is 3.14. The Bertz CT molecular complexity index is 914. The number of hydrogen-bond acceptors (Lipinski definition) is 5. The van der Waals surface area contributed by atoms with Crippen molar-refractivity contribution in [1.82, 2.24) is 9.80 Å². The van der Waals surface area contributed by atoms with Crippen LogP contribution in [0.2, 0.25) is 0 Å². The van der Waals surface area contributed by atoms with Crippen molar-refractivity contribution in [3.8, 4) is 0 Å². The van der Waals surface area contributed by atoms with Crippen molar-refractivity contribution in [2.75, 3.05) is 43.4 Å². The van der Waals surface area contributed by atoms with Crippen LogP contribution in [0.4, 0.5) is 26.2 Å². The minimum atomic E-state index is -0.472. The molecule has 1 saturated heterocycles. The molecule has 3 amide bonds. The first-order chi connectivity index (χ1) is 14.4. The molecule has 2 aromatic carbocycles. The van der Waals surface area contributed by atoms with Gasteiger partial charge in [-0.25, -0.2) is 9.18 Å². The summed E-state index contributed by atoms with van der Waals surface area (Å²) in [5, 5.41) is 16.7. The zero-order chi connectivity index (χ0) is 21.5. The Balaban J connectivity index is 1.42. The first-order valence-electron chi connectivity index (χ1n) is 9.50. The highest BCUT2D eigenvalue weighted by molar-refractivity contribution is 5.89. The molecule has 0 bridgehead atoms. The quantitative estimate of drug-likeness (QED) is 0.557. The molecule has 1 heterocycles. The van der Waals surface area contributed by atoms with Crippen LogP contribution in [-0.2, 0) is 4.79 Å². The van der Waals surface area contributed by atoms with Crippen LogP contribution in [0.5, 0.6) is 0 Å². The van der Waals surface area contributed by atoms with Gasteiger partial charge in [0.1, 0.15) is 11.5 Å². The third kappa shape index (κ3) is 5.43. The lowest BCUT2D eigenvalue weighted by Gasteiger charge is -2.34. The second kappa shape index (κ2) is 9.68. The maximum atomic E-state index is 12.9. The molecule has 0 radical (unpaired) electrons. The number of rotatable bonds is 6. The van der Waals surface area contributed by atoms with Gasteiger partial charge in [-0.2, -0.15) is 0 Å². The number of carbonyl (C=O) groups excluding carboxylic acids is 2. The minimum Gasteiger partial charge on any atom is -0.379 e. The van der Waals surface area contributed by atoms with Crippen LogP contribution >= 0.6 is 0 Å². The predicted octanol–water partition coefficient (Wildman–Crippen LogP) is 2.91. The highest BCUT2D eigenvalue weighted by Crippen LogP contribution is 2.23. The molecule has 0 aromatic heterocycles. The third-order valence-corrected chi connectivity index (χ3v) is 4.77. The Labute approximate surface area is 172 Å². The lowest BCUT2D eigenvalue weighted by molar-refractivity contribution is -0.384. The van der Waals surface area contributed by atoms with Gasteiger partial charge < -0.3 is 20.4 Å². The molecule has 2 N–H and O–H groups in total. The van der Waals surface area contributed by atoms with Gasteiger partial charge in [-0.05, 0) is 30.3 Å². The van der Waals surface area contributed by atoms with Gasteiger partial charge >= 0.3 is 6.03 Å². The number of nitrogens with one attached hydrogen (secondary N) is 2. The van der Waals surface area contributed by atoms with Crippen LogP contribution < -0.4 is 10.6 Å². The van der Waals surface area contributed by atoms with Gasteiger partial charge in [0.15, 0.2) is 0 Å². The standard InChI is InChI=1S/C20H22FN5O4/c21-15-5-7-16(8-6-15)23-20(28)25-13-11-24(12-14-25)19(27)9-10-22-17-3-1-2-4-18(17)26(29)30/h1-8,22H,9-14H2,(H,23,28). The predicted molar refractivity (Wildman–Crippen MR) is 110 cm³/mol. The molecule has 0 aliphatic carbocycles. The van der Waals surface area contributed by atoms with Crippen LogP contribution in [-0.4, -0.2) is 59.4 Å². The van der Waals surface area contributed by atoms with Crippen molar-refractivity contribution in [3.63, 3.8) is 0 Å². The summed E-state index contributed by atoms with van der Waals surface area (Å²) in [5.74, 6) is -0.462. The molecule has 1 aliphatic heterocycles. The van der Waals surface area contributed by atoms with Crippen LogP contribution in [0.3, 0.4) is 0 Å². The van der Waals surface area contributed by atoms with Gasteiger partial charge in [0.05, 0.1) is 4.92 Å². The fourth-order valence-corrected chi connectivity index (χ4v) is 3.14. The van der Waals surface area contributed by atoms with E-state index in [0.29, 0.717) is 37.6 Å². The van der Waals surface area contributed by atoms with Gasteiger partial charge in [-0.15, -0.1) is 0 Å². The largest absolute Gasteiger partial charge is 0.379 e. The van der Waals surface area contributed by atoms with Gasteiger partial charge in [0.2, 0.25) is 5.91 Å². The van der Waals surface area contributed by atoms with E-state index in [1.54, 1.807) is 28.0 Å². The highest BCUT2D eigenvalue weighted by atomic mass is 19.1. The van der Waals surface area contributed by atoms with Crippen LogP contribution in [0, 0.1) is 15.9 Å². The highest BCUT2D eigenvalue weighted by Gasteiger charge is 2.24. The number of hydrogen-bond donors (Lipinski definition) is 2. The van der Waals surface area contributed by atoms with Crippen LogP contribution in [0.1, 0.15) is 6.42 Å². The third-order valence-electron chi connectivity index (χ3n) is 4.77. The molecule has 9 nitrogen and oxygen atoms in total. The van der Waals surface area contributed by atoms with Gasteiger partial charge in [0.25, 0.3) is 5.69 Å². The Kier molecular flexibility index (Phi) is 6.79. The van der Waals surface area contributed by atoms with E-state index in [1.165, 1.54) is 30.3 Å². The van der Waals surface area contributed by atoms with E-state index in [4.69, 9.17) is 0 Å². The molecule has 1 fully saturated rings. The number of nitrogens with zero attached hydrogens (tertiary/aromatic N) is 3. The number of para-hydroxylation sites is 2. The molecule has 1 aliphatic rings. The molecule has 158 valence electrons. The first kappa shape index (κ1) is 21.0. The number of urea groups is 1. The second-order valence-corrected chi connectivity index (χ2v) is 6.76. The van der Waals surface area contributed by atoms with Crippen molar-refractivity contribution >= 4 is 29.0 Å². The Morgan fingerprint density at radius 2 is 1.63 bits per heavy atom. The Hall–Kier alpha value is -3.69. The molecule has 2 aromatic rings. The van der Waals surface area contributed by atoms with Crippen LogP contribution in [0.15, 0.2) is 48.5 Å². The van der Waals surface area contributed by atoms with Crippen molar-refractivity contribution in [2.24, 2.45) is 0 Å². The first-order valence-corrected chi connectivity index (χ1v) is 9.50. The summed E-state index contributed by atoms with van der Waals surface area (Å²) in [6.07, 6.45) is 0.188. The van der Waals surface area contributed by atoms with E-state index in [-0.39, 0.29) is 36.4 Å². The molecule has 10 heteroatoms. The molecule has 0 spiro atoms. The van der Waals surface area contributed by atoms with Crippen molar-refractivity contribution in [2.45, 2.75) is 6.42 Å². The average Bonchev–Trinajstić information content (AvgIpc) is 2.75.